The first-order chi connectivity index (χ1) is 10.2. The van der Waals surface area contributed by atoms with Gasteiger partial charge < -0.3 is 14.8 Å². The van der Waals surface area contributed by atoms with E-state index in [-0.39, 0.29) is 0 Å². The molecule has 3 nitrogen and oxygen atoms in total. The molecule has 0 heterocycles. The number of halogens is 1. The summed E-state index contributed by atoms with van der Waals surface area (Å²) in [4.78, 5) is 0. The fourth-order valence-electron chi connectivity index (χ4n) is 2.05. The number of methoxy groups -OCH3 is 1. The molecule has 4 heteroatoms. The number of nitrogens with one attached hydrogen (secondary N) is 1. The molecule has 2 aromatic rings. The topological polar surface area (TPSA) is 30.5 Å². The molecule has 0 atom stereocenters. The molecule has 0 saturated heterocycles. The predicted molar refractivity (Wildman–Crippen MR) is 90.5 cm³/mol. The second kappa shape index (κ2) is 7.93. The smallest absolute Gasteiger partial charge is 0.119 e. The highest BCUT2D eigenvalue weighted by atomic mass is 79.9. The number of benzene rings is 2. The number of hydrogen-bond acceptors (Lipinski definition) is 3. The van der Waals surface area contributed by atoms with Gasteiger partial charge in [0, 0.05) is 16.7 Å². The molecular formula is C17H20BrNO2. The van der Waals surface area contributed by atoms with Crippen molar-refractivity contribution in [3.8, 4) is 11.5 Å². The summed E-state index contributed by atoms with van der Waals surface area (Å²) in [6.45, 7) is 3.53. The molecule has 0 radical (unpaired) electrons. The van der Waals surface area contributed by atoms with E-state index >= 15 is 0 Å². The Morgan fingerprint density at radius 2 is 1.76 bits per heavy atom. The van der Waals surface area contributed by atoms with Gasteiger partial charge in [0.15, 0.2) is 0 Å². The second-order valence-corrected chi connectivity index (χ2v) is 5.52. The summed E-state index contributed by atoms with van der Waals surface area (Å²) in [7, 11) is 1.66. The Bertz CT molecular complexity index is 570. The van der Waals surface area contributed by atoms with Crippen molar-refractivity contribution in [2.45, 2.75) is 13.3 Å². The predicted octanol–water partition coefficient (Wildman–Crippen LogP) is 4.51. The third kappa shape index (κ3) is 4.67. The number of ether oxygens (including phenoxy) is 2. The third-order valence-corrected chi connectivity index (χ3v) is 3.69. The van der Waals surface area contributed by atoms with Crippen LogP contribution < -0.4 is 14.8 Å². The zero-order valence-corrected chi connectivity index (χ0v) is 13.9. The van der Waals surface area contributed by atoms with Gasteiger partial charge in [-0.05, 0) is 54.4 Å². The minimum absolute atomic E-state index is 0.617. The maximum absolute atomic E-state index is 5.70. The molecular weight excluding hydrogens is 330 g/mol. The zero-order valence-electron chi connectivity index (χ0n) is 12.4. The first-order valence-corrected chi connectivity index (χ1v) is 7.81. The van der Waals surface area contributed by atoms with Gasteiger partial charge in [0.1, 0.15) is 18.1 Å². The van der Waals surface area contributed by atoms with Crippen LogP contribution in [0.15, 0.2) is 46.9 Å². The van der Waals surface area contributed by atoms with Crippen molar-refractivity contribution in [2.24, 2.45) is 0 Å². The minimum Gasteiger partial charge on any atom is -0.497 e. The highest BCUT2D eigenvalue weighted by Gasteiger charge is 2.01. The fourth-order valence-corrected chi connectivity index (χ4v) is 2.46. The lowest BCUT2D eigenvalue weighted by Gasteiger charge is -2.12. The Kier molecular flexibility index (Phi) is 5.93. The van der Waals surface area contributed by atoms with E-state index in [4.69, 9.17) is 9.47 Å². The highest BCUT2D eigenvalue weighted by Crippen LogP contribution is 2.21. The van der Waals surface area contributed by atoms with Gasteiger partial charge in [0.05, 0.1) is 7.11 Å². The van der Waals surface area contributed by atoms with Crippen molar-refractivity contribution in [3.63, 3.8) is 0 Å². The monoisotopic (exact) mass is 349 g/mol. The van der Waals surface area contributed by atoms with Gasteiger partial charge >= 0.3 is 0 Å². The number of anilines is 1. The Morgan fingerprint density at radius 3 is 2.43 bits per heavy atom. The highest BCUT2D eigenvalue weighted by molar-refractivity contribution is 9.10. The maximum Gasteiger partial charge on any atom is 0.119 e. The van der Waals surface area contributed by atoms with Crippen LogP contribution in [0.1, 0.15) is 12.5 Å². The van der Waals surface area contributed by atoms with Crippen LogP contribution in [0.3, 0.4) is 0 Å². The molecule has 0 spiro atoms. The molecule has 112 valence electrons. The first-order valence-electron chi connectivity index (χ1n) is 7.02. The van der Waals surface area contributed by atoms with Crippen LogP contribution in [0, 0.1) is 0 Å². The summed E-state index contributed by atoms with van der Waals surface area (Å²) < 4.78 is 11.9. The van der Waals surface area contributed by atoms with Crippen molar-refractivity contribution in [1.29, 1.82) is 0 Å². The summed E-state index contributed by atoms with van der Waals surface area (Å²) in [5.41, 5.74) is 2.47. The van der Waals surface area contributed by atoms with E-state index < -0.39 is 0 Å². The van der Waals surface area contributed by atoms with Crippen molar-refractivity contribution in [3.05, 3.63) is 52.5 Å². The second-order valence-electron chi connectivity index (χ2n) is 4.61. The average molecular weight is 350 g/mol. The van der Waals surface area contributed by atoms with Crippen LogP contribution in [0.4, 0.5) is 5.69 Å². The van der Waals surface area contributed by atoms with E-state index in [9.17, 15) is 0 Å². The molecule has 0 saturated carbocycles. The van der Waals surface area contributed by atoms with Crippen LogP contribution >= 0.6 is 15.9 Å². The van der Waals surface area contributed by atoms with Crippen LogP contribution in [-0.2, 0) is 6.42 Å². The molecule has 2 aromatic carbocycles. The van der Waals surface area contributed by atoms with E-state index in [1.54, 1.807) is 7.11 Å². The normalized spacial score (nSPS) is 10.2. The summed E-state index contributed by atoms with van der Waals surface area (Å²) >= 11 is 3.50. The third-order valence-electron chi connectivity index (χ3n) is 3.19. The van der Waals surface area contributed by atoms with Crippen LogP contribution in [-0.4, -0.2) is 20.3 Å². The first kappa shape index (κ1) is 15.7. The Morgan fingerprint density at radius 1 is 1.05 bits per heavy atom. The van der Waals surface area contributed by atoms with Gasteiger partial charge in [-0.15, -0.1) is 0 Å². The van der Waals surface area contributed by atoms with Crippen molar-refractivity contribution >= 4 is 21.6 Å². The number of rotatable bonds is 7. The Hall–Kier alpha value is -1.68. The van der Waals surface area contributed by atoms with E-state index in [0.717, 1.165) is 28.9 Å². The molecule has 0 unspecified atom stereocenters. The summed E-state index contributed by atoms with van der Waals surface area (Å²) in [6.07, 6.45) is 1.00. The molecule has 0 aliphatic heterocycles. The summed E-state index contributed by atoms with van der Waals surface area (Å²) in [5.74, 6) is 1.69. The molecule has 0 aromatic heterocycles. The molecule has 21 heavy (non-hydrogen) atoms. The van der Waals surface area contributed by atoms with Crippen LogP contribution in [0.5, 0.6) is 11.5 Å². The lowest BCUT2D eigenvalue weighted by atomic mass is 10.1. The van der Waals surface area contributed by atoms with Crippen molar-refractivity contribution in [2.75, 3.05) is 25.6 Å². The summed E-state index contributed by atoms with van der Waals surface area (Å²) in [5, 5.41) is 3.41. The average Bonchev–Trinajstić information content (AvgIpc) is 2.53. The molecule has 0 aliphatic carbocycles. The standard InChI is InChI=1S/C17H20BrNO2/c1-3-13-12-14(18)4-9-17(13)19-10-11-21-16-7-5-15(20-2)6-8-16/h4-9,12,19H,3,10-11H2,1-2H3. The quantitative estimate of drug-likeness (QED) is 0.746. The van der Waals surface area contributed by atoms with Gasteiger partial charge in [-0.3, -0.25) is 0 Å². The largest absolute Gasteiger partial charge is 0.497 e. The maximum atomic E-state index is 5.70. The van der Waals surface area contributed by atoms with E-state index in [1.165, 1.54) is 11.3 Å². The van der Waals surface area contributed by atoms with E-state index in [2.05, 4.69) is 40.3 Å². The van der Waals surface area contributed by atoms with E-state index in [0.29, 0.717) is 6.61 Å². The van der Waals surface area contributed by atoms with E-state index in [1.807, 2.05) is 30.3 Å². The molecule has 2 rings (SSSR count). The van der Waals surface area contributed by atoms with Crippen LogP contribution in [0.2, 0.25) is 0 Å². The molecule has 0 aliphatic rings. The van der Waals surface area contributed by atoms with Gasteiger partial charge in [-0.25, -0.2) is 0 Å². The number of aryl methyl sites for hydroxylation is 1. The Labute approximate surface area is 134 Å². The summed E-state index contributed by atoms with van der Waals surface area (Å²) in [6, 6.07) is 13.9. The minimum atomic E-state index is 0.617. The lowest BCUT2D eigenvalue weighted by molar-refractivity contribution is 0.331. The van der Waals surface area contributed by atoms with Crippen molar-refractivity contribution in [1.82, 2.24) is 0 Å². The molecule has 0 fully saturated rings. The molecule has 0 amide bonds. The fraction of sp³-hybridized carbons (Fsp3) is 0.294. The van der Waals surface area contributed by atoms with Gasteiger partial charge in [-0.2, -0.15) is 0 Å². The molecule has 0 bridgehead atoms. The van der Waals surface area contributed by atoms with Crippen molar-refractivity contribution < 1.29 is 9.47 Å². The van der Waals surface area contributed by atoms with Gasteiger partial charge in [0.25, 0.3) is 0 Å². The van der Waals surface area contributed by atoms with Gasteiger partial charge in [-0.1, -0.05) is 22.9 Å². The molecule has 1 N–H and O–H groups in total. The zero-order chi connectivity index (χ0) is 15.1. The SMILES string of the molecule is CCc1cc(Br)ccc1NCCOc1ccc(OC)cc1. The van der Waals surface area contributed by atoms with Gasteiger partial charge in [0.2, 0.25) is 0 Å². The Balaban J connectivity index is 1.81. The lowest BCUT2D eigenvalue weighted by Crippen LogP contribution is -2.12. The number of hydrogen-bond donors (Lipinski definition) is 1. The van der Waals surface area contributed by atoms with Crippen LogP contribution in [0.25, 0.3) is 0 Å².